The average Bonchev–Trinajstić information content (AvgIpc) is 2.98. The lowest BCUT2D eigenvalue weighted by Gasteiger charge is -2.18. The van der Waals surface area contributed by atoms with Crippen LogP contribution < -0.4 is 14.8 Å². The Morgan fingerprint density at radius 1 is 1.12 bits per heavy atom. The van der Waals surface area contributed by atoms with Gasteiger partial charge in [0.2, 0.25) is 12.7 Å². The molecule has 5 nitrogen and oxygen atoms in total. The number of benzene rings is 2. The Labute approximate surface area is 142 Å². The van der Waals surface area contributed by atoms with Crippen molar-refractivity contribution in [1.29, 1.82) is 0 Å². The molecule has 0 radical (unpaired) electrons. The molecule has 2 aromatic rings. The number of hydrogen-bond acceptors (Lipinski definition) is 4. The van der Waals surface area contributed by atoms with Crippen molar-refractivity contribution in [3.05, 3.63) is 53.1 Å². The molecule has 3 rings (SSSR count). The predicted molar refractivity (Wildman–Crippen MR) is 93.4 cm³/mol. The van der Waals surface area contributed by atoms with Crippen molar-refractivity contribution >= 4 is 11.6 Å². The molecule has 2 aromatic carbocycles. The number of hydrogen-bond donors (Lipinski definition) is 1. The Hall–Kier alpha value is -2.53. The van der Waals surface area contributed by atoms with Gasteiger partial charge in [-0.25, -0.2) is 0 Å². The first-order valence-corrected chi connectivity index (χ1v) is 7.96. The molecule has 0 aliphatic carbocycles. The summed E-state index contributed by atoms with van der Waals surface area (Å²) < 4.78 is 10.7. The minimum Gasteiger partial charge on any atom is -0.454 e. The monoisotopic (exact) mass is 326 g/mol. The number of nitrogens with one attached hydrogen (secondary N) is 1. The van der Waals surface area contributed by atoms with E-state index >= 15 is 0 Å². The van der Waals surface area contributed by atoms with Gasteiger partial charge in [0, 0.05) is 12.2 Å². The summed E-state index contributed by atoms with van der Waals surface area (Å²) in [7, 11) is 1.93. The summed E-state index contributed by atoms with van der Waals surface area (Å²) in [5, 5.41) is 3.01. The number of ether oxygens (including phenoxy) is 2. The lowest BCUT2D eigenvalue weighted by Crippen LogP contribution is -2.30. The van der Waals surface area contributed by atoms with Gasteiger partial charge in [0.25, 0.3) is 0 Å². The van der Waals surface area contributed by atoms with Crippen LogP contribution in [0.3, 0.4) is 0 Å². The van der Waals surface area contributed by atoms with E-state index in [1.54, 1.807) is 0 Å². The van der Waals surface area contributed by atoms with E-state index in [-0.39, 0.29) is 12.7 Å². The topological polar surface area (TPSA) is 50.8 Å². The number of para-hydroxylation sites is 1. The van der Waals surface area contributed by atoms with Gasteiger partial charge in [-0.15, -0.1) is 0 Å². The number of nitrogens with zero attached hydrogens (tertiary/aromatic N) is 1. The normalized spacial score (nSPS) is 12.5. The predicted octanol–water partition coefficient (Wildman–Crippen LogP) is 3.10. The Kier molecular flexibility index (Phi) is 4.71. The third kappa shape index (κ3) is 3.68. The second kappa shape index (κ2) is 6.93. The minimum absolute atomic E-state index is 0.0179. The number of fused-ring (bicyclic) bond motifs is 1. The minimum atomic E-state index is -0.0179. The van der Waals surface area contributed by atoms with Gasteiger partial charge in [0.05, 0.1) is 6.54 Å². The highest BCUT2D eigenvalue weighted by atomic mass is 16.7. The molecule has 0 unspecified atom stereocenters. The van der Waals surface area contributed by atoms with E-state index in [1.807, 2.05) is 62.2 Å². The van der Waals surface area contributed by atoms with Crippen molar-refractivity contribution in [1.82, 2.24) is 4.90 Å². The number of carbonyl (C=O) groups excluding carboxylic acids is 1. The highest BCUT2D eigenvalue weighted by molar-refractivity contribution is 5.93. The SMILES string of the molecule is Cc1cccc(C)c1NC(=O)CN(C)Cc1ccc2c(c1)OCO2. The van der Waals surface area contributed by atoms with Crippen LogP contribution in [0.2, 0.25) is 0 Å². The molecule has 1 amide bonds. The van der Waals surface area contributed by atoms with Crippen LogP contribution in [-0.2, 0) is 11.3 Å². The van der Waals surface area contributed by atoms with Crippen molar-refractivity contribution in [3.63, 3.8) is 0 Å². The standard InChI is InChI=1S/C19H22N2O3/c1-13-5-4-6-14(2)19(13)20-18(22)11-21(3)10-15-7-8-16-17(9-15)24-12-23-16/h4-9H,10-12H2,1-3H3,(H,20,22). The molecule has 1 N–H and O–H groups in total. The summed E-state index contributed by atoms with van der Waals surface area (Å²) in [6.07, 6.45) is 0. The first-order valence-electron chi connectivity index (χ1n) is 7.96. The number of anilines is 1. The molecular formula is C19H22N2O3. The van der Waals surface area contributed by atoms with Crippen molar-refractivity contribution in [2.45, 2.75) is 20.4 Å². The van der Waals surface area contributed by atoms with Crippen LogP contribution in [0, 0.1) is 13.8 Å². The fraction of sp³-hybridized carbons (Fsp3) is 0.316. The van der Waals surface area contributed by atoms with Crippen LogP contribution in [-0.4, -0.2) is 31.2 Å². The first-order chi connectivity index (χ1) is 11.5. The lowest BCUT2D eigenvalue weighted by molar-refractivity contribution is -0.117. The lowest BCUT2D eigenvalue weighted by atomic mass is 10.1. The highest BCUT2D eigenvalue weighted by Gasteiger charge is 2.15. The zero-order valence-electron chi connectivity index (χ0n) is 14.3. The second-order valence-corrected chi connectivity index (χ2v) is 6.17. The van der Waals surface area contributed by atoms with Crippen LogP contribution in [0.15, 0.2) is 36.4 Å². The smallest absolute Gasteiger partial charge is 0.238 e. The van der Waals surface area contributed by atoms with Gasteiger partial charge in [-0.05, 0) is 49.7 Å². The van der Waals surface area contributed by atoms with Crippen LogP contribution in [0.4, 0.5) is 5.69 Å². The summed E-state index contributed by atoms with van der Waals surface area (Å²) in [4.78, 5) is 14.3. The summed E-state index contributed by atoms with van der Waals surface area (Å²) in [5.74, 6) is 1.52. The van der Waals surface area contributed by atoms with Gasteiger partial charge in [-0.2, -0.15) is 0 Å². The number of likely N-dealkylation sites (N-methyl/N-ethyl adjacent to an activating group) is 1. The maximum atomic E-state index is 12.3. The van der Waals surface area contributed by atoms with Gasteiger partial charge < -0.3 is 14.8 Å². The molecule has 0 bridgehead atoms. The van der Waals surface area contributed by atoms with Gasteiger partial charge >= 0.3 is 0 Å². The molecule has 1 aliphatic rings. The molecule has 1 aliphatic heterocycles. The number of amides is 1. The van der Waals surface area contributed by atoms with Gasteiger partial charge in [0.1, 0.15) is 0 Å². The highest BCUT2D eigenvalue weighted by Crippen LogP contribution is 2.32. The fourth-order valence-corrected chi connectivity index (χ4v) is 2.84. The third-order valence-corrected chi connectivity index (χ3v) is 4.05. The Bertz CT molecular complexity index is 738. The Balaban J connectivity index is 1.58. The maximum Gasteiger partial charge on any atom is 0.238 e. The van der Waals surface area contributed by atoms with E-state index in [1.165, 1.54) is 0 Å². The fourth-order valence-electron chi connectivity index (χ4n) is 2.84. The summed E-state index contributed by atoms with van der Waals surface area (Å²) in [6, 6.07) is 11.8. The van der Waals surface area contributed by atoms with Crippen molar-refractivity contribution < 1.29 is 14.3 Å². The second-order valence-electron chi connectivity index (χ2n) is 6.17. The molecule has 0 saturated carbocycles. The quantitative estimate of drug-likeness (QED) is 0.917. The zero-order valence-corrected chi connectivity index (χ0v) is 14.3. The Morgan fingerprint density at radius 3 is 2.58 bits per heavy atom. The van der Waals surface area contributed by atoms with E-state index in [4.69, 9.17) is 9.47 Å². The third-order valence-electron chi connectivity index (χ3n) is 4.05. The van der Waals surface area contributed by atoms with E-state index in [9.17, 15) is 4.79 Å². The van der Waals surface area contributed by atoms with Gasteiger partial charge in [-0.1, -0.05) is 24.3 Å². The van der Waals surface area contributed by atoms with Crippen molar-refractivity contribution in [2.24, 2.45) is 0 Å². The van der Waals surface area contributed by atoms with E-state index < -0.39 is 0 Å². The molecule has 0 saturated heterocycles. The average molecular weight is 326 g/mol. The molecule has 24 heavy (non-hydrogen) atoms. The molecular weight excluding hydrogens is 304 g/mol. The van der Waals surface area contributed by atoms with Crippen molar-refractivity contribution in [3.8, 4) is 11.5 Å². The van der Waals surface area contributed by atoms with Crippen LogP contribution in [0.5, 0.6) is 11.5 Å². The first kappa shape index (κ1) is 16.3. The number of carbonyl (C=O) groups is 1. The number of aryl methyl sites for hydroxylation is 2. The Morgan fingerprint density at radius 2 is 1.83 bits per heavy atom. The summed E-state index contributed by atoms with van der Waals surface area (Å²) >= 11 is 0. The molecule has 5 heteroatoms. The van der Waals surface area contributed by atoms with Crippen LogP contribution in [0.25, 0.3) is 0 Å². The summed E-state index contributed by atoms with van der Waals surface area (Å²) in [6.45, 7) is 5.25. The molecule has 0 atom stereocenters. The van der Waals surface area contributed by atoms with E-state index in [0.29, 0.717) is 13.1 Å². The molecule has 0 fully saturated rings. The van der Waals surface area contributed by atoms with Gasteiger partial charge in [-0.3, -0.25) is 9.69 Å². The van der Waals surface area contributed by atoms with E-state index in [0.717, 1.165) is 33.9 Å². The largest absolute Gasteiger partial charge is 0.454 e. The van der Waals surface area contributed by atoms with E-state index in [2.05, 4.69) is 5.32 Å². The zero-order chi connectivity index (χ0) is 17.1. The molecule has 1 heterocycles. The van der Waals surface area contributed by atoms with Gasteiger partial charge in [0.15, 0.2) is 11.5 Å². The van der Waals surface area contributed by atoms with Crippen LogP contribution in [0.1, 0.15) is 16.7 Å². The molecule has 126 valence electrons. The molecule has 0 spiro atoms. The van der Waals surface area contributed by atoms with Crippen molar-refractivity contribution in [2.75, 3.05) is 25.7 Å². The molecule has 0 aromatic heterocycles. The summed E-state index contributed by atoms with van der Waals surface area (Å²) in [5.41, 5.74) is 4.13. The number of rotatable bonds is 5. The van der Waals surface area contributed by atoms with Crippen LogP contribution >= 0.6 is 0 Å². The maximum absolute atomic E-state index is 12.3.